The molecule has 0 aliphatic carbocycles. The van der Waals surface area contributed by atoms with Gasteiger partial charge in [-0.3, -0.25) is 0 Å². The maximum atomic E-state index is 5.38. The lowest BCUT2D eigenvalue weighted by atomic mass is 10.2. The lowest BCUT2D eigenvalue weighted by Gasteiger charge is -2.13. The standard InChI is InChI=1S/C21H27N5O2/c1-17-10-13-26(25-17)20-8-4-3-6-18(20)16-24-21(23-12-15-27-2)22-11-9-19-7-5-14-28-19/h3-8,10,13-14H,9,11-12,15-16H2,1-2H3,(H2,22,23,24). The van der Waals surface area contributed by atoms with Crippen LogP contribution < -0.4 is 10.6 Å². The largest absolute Gasteiger partial charge is 0.469 e. The molecule has 3 rings (SSSR count). The first-order chi connectivity index (χ1) is 13.8. The Kier molecular flexibility index (Phi) is 7.26. The zero-order chi connectivity index (χ0) is 19.6. The summed E-state index contributed by atoms with van der Waals surface area (Å²) < 4.78 is 12.4. The van der Waals surface area contributed by atoms with E-state index < -0.39 is 0 Å². The molecule has 7 nitrogen and oxygen atoms in total. The van der Waals surface area contributed by atoms with Crippen LogP contribution in [0.15, 0.2) is 64.3 Å². The number of aliphatic imine (C=N–C) groups is 1. The second kappa shape index (κ2) is 10.3. The molecule has 0 bridgehead atoms. The van der Waals surface area contributed by atoms with Crippen molar-refractivity contribution in [3.05, 3.63) is 71.9 Å². The maximum absolute atomic E-state index is 5.38. The quantitative estimate of drug-likeness (QED) is 0.339. The molecule has 7 heteroatoms. The number of nitrogens with one attached hydrogen (secondary N) is 2. The first kappa shape index (κ1) is 19.7. The van der Waals surface area contributed by atoms with Crippen molar-refractivity contribution in [2.45, 2.75) is 19.9 Å². The number of nitrogens with zero attached hydrogens (tertiary/aromatic N) is 3. The molecule has 0 aliphatic rings. The normalized spacial score (nSPS) is 11.6. The minimum absolute atomic E-state index is 0.540. The lowest BCUT2D eigenvalue weighted by Crippen LogP contribution is -2.40. The highest BCUT2D eigenvalue weighted by atomic mass is 16.5. The molecule has 0 atom stereocenters. The van der Waals surface area contributed by atoms with E-state index in [-0.39, 0.29) is 0 Å². The van der Waals surface area contributed by atoms with Gasteiger partial charge in [-0.1, -0.05) is 18.2 Å². The molecule has 2 heterocycles. The van der Waals surface area contributed by atoms with Gasteiger partial charge >= 0.3 is 0 Å². The van der Waals surface area contributed by atoms with Crippen LogP contribution in [0.25, 0.3) is 5.69 Å². The van der Waals surface area contributed by atoms with E-state index in [9.17, 15) is 0 Å². The number of furan rings is 1. The number of aromatic nitrogens is 2. The molecule has 1 aromatic carbocycles. The smallest absolute Gasteiger partial charge is 0.191 e. The third-order valence-electron chi connectivity index (χ3n) is 4.21. The summed E-state index contributed by atoms with van der Waals surface area (Å²) in [4.78, 5) is 4.74. The number of methoxy groups -OCH3 is 1. The van der Waals surface area contributed by atoms with Crippen molar-refractivity contribution in [1.82, 2.24) is 20.4 Å². The van der Waals surface area contributed by atoms with Gasteiger partial charge < -0.3 is 19.8 Å². The second-order valence-corrected chi connectivity index (χ2v) is 6.37. The minimum atomic E-state index is 0.540. The number of guanidine groups is 1. The Hall–Kier alpha value is -3.06. The van der Waals surface area contributed by atoms with Crippen molar-refractivity contribution in [1.29, 1.82) is 0 Å². The number of aryl methyl sites for hydroxylation is 1. The Labute approximate surface area is 165 Å². The van der Waals surface area contributed by atoms with Crippen LogP contribution in [0.3, 0.4) is 0 Å². The van der Waals surface area contributed by atoms with Gasteiger partial charge in [-0.05, 0) is 36.8 Å². The molecule has 2 N–H and O–H groups in total. The Morgan fingerprint density at radius 3 is 2.75 bits per heavy atom. The Balaban J connectivity index is 1.67. The number of hydrogen-bond donors (Lipinski definition) is 2. The highest BCUT2D eigenvalue weighted by Gasteiger charge is 2.06. The summed E-state index contributed by atoms with van der Waals surface area (Å²) in [6.07, 6.45) is 4.45. The van der Waals surface area contributed by atoms with E-state index in [1.165, 1.54) is 0 Å². The summed E-state index contributed by atoms with van der Waals surface area (Å²) >= 11 is 0. The van der Waals surface area contributed by atoms with Crippen LogP contribution in [0.1, 0.15) is 17.0 Å². The zero-order valence-electron chi connectivity index (χ0n) is 16.4. The van der Waals surface area contributed by atoms with Crippen LogP contribution in [-0.2, 0) is 17.7 Å². The van der Waals surface area contributed by atoms with Gasteiger partial charge in [0.25, 0.3) is 0 Å². The fourth-order valence-corrected chi connectivity index (χ4v) is 2.79. The fraction of sp³-hybridized carbons (Fsp3) is 0.333. The molecular weight excluding hydrogens is 354 g/mol. The van der Waals surface area contributed by atoms with E-state index in [0.29, 0.717) is 19.7 Å². The average Bonchev–Trinajstić information content (AvgIpc) is 3.38. The van der Waals surface area contributed by atoms with E-state index in [0.717, 1.165) is 41.6 Å². The number of hydrogen-bond acceptors (Lipinski definition) is 4. The van der Waals surface area contributed by atoms with E-state index in [1.54, 1.807) is 13.4 Å². The summed E-state index contributed by atoms with van der Waals surface area (Å²) in [5.41, 5.74) is 3.12. The van der Waals surface area contributed by atoms with E-state index in [2.05, 4.69) is 27.9 Å². The SMILES string of the molecule is COCCNC(=NCc1ccccc1-n1ccc(C)n1)NCCc1ccco1. The van der Waals surface area contributed by atoms with Crippen molar-refractivity contribution in [3.8, 4) is 5.69 Å². The average molecular weight is 381 g/mol. The molecule has 0 unspecified atom stereocenters. The number of ether oxygens (including phenoxy) is 1. The van der Waals surface area contributed by atoms with Crippen LogP contribution >= 0.6 is 0 Å². The molecule has 2 aromatic heterocycles. The van der Waals surface area contributed by atoms with E-state index >= 15 is 0 Å². The highest BCUT2D eigenvalue weighted by molar-refractivity contribution is 5.79. The van der Waals surface area contributed by atoms with Gasteiger partial charge in [0.2, 0.25) is 0 Å². The zero-order valence-corrected chi connectivity index (χ0v) is 16.4. The molecule has 0 saturated heterocycles. The topological polar surface area (TPSA) is 76.6 Å². The number of rotatable bonds is 9. The molecule has 0 amide bonds. The predicted molar refractivity (Wildman–Crippen MR) is 110 cm³/mol. The highest BCUT2D eigenvalue weighted by Crippen LogP contribution is 2.15. The molecule has 148 valence electrons. The molecule has 3 aromatic rings. The van der Waals surface area contributed by atoms with E-state index in [1.807, 2.05) is 48.1 Å². The van der Waals surface area contributed by atoms with Gasteiger partial charge in [0, 0.05) is 32.8 Å². The Bertz CT molecular complexity index is 871. The molecular formula is C21H27N5O2. The maximum Gasteiger partial charge on any atom is 0.191 e. The molecule has 0 aliphatic heterocycles. The molecule has 0 saturated carbocycles. The Morgan fingerprint density at radius 2 is 2.00 bits per heavy atom. The van der Waals surface area contributed by atoms with Crippen LogP contribution in [0.2, 0.25) is 0 Å². The first-order valence-corrected chi connectivity index (χ1v) is 9.40. The molecule has 28 heavy (non-hydrogen) atoms. The first-order valence-electron chi connectivity index (χ1n) is 9.40. The number of benzene rings is 1. The van der Waals surface area contributed by atoms with Crippen LogP contribution in [-0.4, -0.2) is 42.5 Å². The van der Waals surface area contributed by atoms with Gasteiger partial charge in [-0.15, -0.1) is 0 Å². The lowest BCUT2D eigenvalue weighted by molar-refractivity contribution is 0.203. The van der Waals surface area contributed by atoms with Crippen molar-refractivity contribution < 1.29 is 9.15 Å². The Morgan fingerprint density at radius 1 is 1.14 bits per heavy atom. The third kappa shape index (κ3) is 5.72. The van der Waals surface area contributed by atoms with Crippen LogP contribution in [0, 0.1) is 6.92 Å². The summed E-state index contributed by atoms with van der Waals surface area (Å²) in [6.45, 7) is 4.55. The fourth-order valence-electron chi connectivity index (χ4n) is 2.79. The predicted octanol–water partition coefficient (Wildman–Crippen LogP) is 2.70. The molecule has 0 fully saturated rings. The van der Waals surface area contributed by atoms with Crippen molar-refractivity contribution in [2.75, 3.05) is 26.8 Å². The van der Waals surface area contributed by atoms with E-state index in [4.69, 9.17) is 14.1 Å². The monoisotopic (exact) mass is 381 g/mol. The summed E-state index contributed by atoms with van der Waals surface area (Å²) in [6, 6.07) is 14.0. The van der Waals surface area contributed by atoms with Gasteiger partial charge in [0.05, 0.1) is 30.8 Å². The van der Waals surface area contributed by atoms with Crippen LogP contribution in [0.4, 0.5) is 0 Å². The van der Waals surface area contributed by atoms with Crippen LogP contribution in [0.5, 0.6) is 0 Å². The van der Waals surface area contributed by atoms with Gasteiger partial charge in [-0.2, -0.15) is 5.10 Å². The van der Waals surface area contributed by atoms with Crippen molar-refractivity contribution in [2.24, 2.45) is 4.99 Å². The molecule has 0 spiro atoms. The summed E-state index contributed by atoms with van der Waals surface area (Å²) in [5, 5.41) is 11.2. The third-order valence-corrected chi connectivity index (χ3v) is 4.21. The number of para-hydroxylation sites is 1. The van der Waals surface area contributed by atoms with Gasteiger partial charge in [0.1, 0.15) is 5.76 Å². The van der Waals surface area contributed by atoms with Gasteiger partial charge in [0.15, 0.2) is 5.96 Å². The second-order valence-electron chi connectivity index (χ2n) is 6.37. The van der Waals surface area contributed by atoms with Gasteiger partial charge in [-0.25, -0.2) is 9.67 Å². The van der Waals surface area contributed by atoms with Crippen molar-refractivity contribution in [3.63, 3.8) is 0 Å². The summed E-state index contributed by atoms with van der Waals surface area (Å²) in [7, 11) is 1.69. The summed E-state index contributed by atoms with van der Waals surface area (Å²) in [5.74, 6) is 1.69. The minimum Gasteiger partial charge on any atom is -0.469 e. The molecule has 0 radical (unpaired) electrons. The van der Waals surface area contributed by atoms with Crippen molar-refractivity contribution >= 4 is 5.96 Å².